The summed E-state index contributed by atoms with van der Waals surface area (Å²) in [6.07, 6.45) is 2.33. The van der Waals surface area contributed by atoms with Crippen molar-refractivity contribution >= 4 is 18.3 Å². The van der Waals surface area contributed by atoms with Crippen LogP contribution in [0.15, 0.2) is 18.2 Å². The molecule has 1 aliphatic heterocycles. The highest BCUT2D eigenvalue weighted by molar-refractivity contribution is 5.85. The standard InChI is InChI=1S/C17H24N2O3.ClH/c1-11(10-18-2)17(20)19-16(12-3-4-12)13-5-6-14-15(9-13)22-8-7-21-14;/h5-6,9,11-12,16,18H,3-4,7-8,10H2,1-2H3,(H,19,20);1H. The Morgan fingerprint density at radius 2 is 1.96 bits per heavy atom. The fourth-order valence-electron chi connectivity index (χ4n) is 2.85. The lowest BCUT2D eigenvalue weighted by atomic mass is 10.0. The molecule has 1 fully saturated rings. The Balaban J connectivity index is 0.00000192. The largest absolute Gasteiger partial charge is 0.486 e. The van der Waals surface area contributed by atoms with Crippen LogP contribution in [0.5, 0.6) is 11.5 Å². The maximum Gasteiger partial charge on any atom is 0.224 e. The van der Waals surface area contributed by atoms with Crippen LogP contribution in [0, 0.1) is 11.8 Å². The van der Waals surface area contributed by atoms with E-state index >= 15 is 0 Å². The van der Waals surface area contributed by atoms with Gasteiger partial charge >= 0.3 is 0 Å². The number of carbonyl (C=O) groups excluding carboxylic acids is 1. The minimum absolute atomic E-state index is 0. The van der Waals surface area contributed by atoms with Crippen molar-refractivity contribution in [3.63, 3.8) is 0 Å². The Kier molecular flexibility index (Phi) is 6.13. The van der Waals surface area contributed by atoms with Gasteiger partial charge in [0.2, 0.25) is 5.91 Å². The zero-order chi connectivity index (χ0) is 15.5. The summed E-state index contributed by atoms with van der Waals surface area (Å²) in [5, 5.41) is 6.26. The Bertz CT molecular complexity index is 549. The minimum Gasteiger partial charge on any atom is -0.486 e. The Morgan fingerprint density at radius 1 is 1.26 bits per heavy atom. The third-order valence-corrected chi connectivity index (χ3v) is 4.27. The van der Waals surface area contributed by atoms with Crippen LogP contribution in [0.1, 0.15) is 31.4 Å². The molecule has 0 saturated heterocycles. The van der Waals surface area contributed by atoms with E-state index in [1.165, 1.54) is 12.8 Å². The van der Waals surface area contributed by atoms with Crippen molar-refractivity contribution in [1.29, 1.82) is 0 Å². The number of amides is 1. The molecular formula is C17H25ClN2O3. The van der Waals surface area contributed by atoms with E-state index in [2.05, 4.69) is 10.6 Å². The quantitative estimate of drug-likeness (QED) is 0.834. The van der Waals surface area contributed by atoms with Crippen LogP contribution in [0.4, 0.5) is 0 Å². The first kappa shape index (κ1) is 17.9. The molecule has 0 spiro atoms. The van der Waals surface area contributed by atoms with Crippen LogP contribution in [0.2, 0.25) is 0 Å². The predicted molar refractivity (Wildman–Crippen MR) is 91.4 cm³/mol. The molecule has 6 heteroatoms. The summed E-state index contributed by atoms with van der Waals surface area (Å²) in [4.78, 5) is 12.3. The monoisotopic (exact) mass is 340 g/mol. The molecule has 1 aromatic rings. The van der Waals surface area contributed by atoms with Gasteiger partial charge in [-0.25, -0.2) is 0 Å². The SMILES string of the molecule is CNCC(C)C(=O)NC(c1ccc2c(c1)OCCO2)C1CC1.Cl. The first-order valence-corrected chi connectivity index (χ1v) is 8.03. The molecule has 0 bridgehead atoms. The molecule has 1 aromatic carbocycles. The highest BCUT2D eigenvalue weighted by Crippen LogP contribution is 2.43. The molecule has 5 nitrogen and oxygen atoms in total. The van der Waals surface area contributed by atoms with Gasteiger partial charge < -0.3 is 20.1 Å². The van der Waals surface area contributed by atoms with Gasteiger partial charge in [0.25, 0.3) is 0 Å². The lowest BCUT2D eigenvalue weighted by Crippen LogP contribution is -2.37. The minimum atomic E-state index is -0.0385. The first-order chi connectivity index (χ1) is 10.7. The predicted octanol–water partition coefficient (Wildman–Crippen LogP) is 2.30. The number of carbonyl (C=O) groups is 1. The molecule has 1 saturated carbocycles. The van der Waals surface area contributed by atoms with Gasteiger partial charge in [-0.05, 0) is 43.5 Å². The number of rotatable bonds is 6. The number of ether oxygens (including phenoxy) is 2. The van der Waals surface area contributed by atoms with Crippen LogP contribution >= 0.6 is 12.4 Å². The number of hydrogen-bond acceptors (Lipinski definition) is 4. The second-order valence-electron chi connectivity index (χ2n) is 6.19. The molecule has 0 aromatic heterocycles. The summed E-state index contributed by atoms with van der Waals surface area (Å²) in [5.41, 5.74) is 1.11. The zero-order valence-electron chi connectivity index (χ0n) is 13.6. The average Bonchev–Trinajstić information content (AvgIpc) is 3.37. The fourth-order valence-corrected chi connectivity index (χ4v) is 2.85. The molecule has 23 heavy (non-hydrogen) atoms. The average molecular weight is 341 g/mol. The van der Waals surface area contributed by atoms with Gasteiger partial charge in [0.15, 0.2) is 11.5 Å². The molecule has 2 atom stereocenters. The molecule has 1 aliphatic carbocycles. The van der Waals surface area contributed by atoms with Gasteiger partial charge in [0.1, 0.15) is 13.2 Å². The number of halogens is 1. The van der Waals surface area contributed by atoms with E-state index in [1.807, 2.05) is 32.2 Å². The molecule has 1 heterocycles. The molecule has 2 N–H and O–H groups in total. The molecular weight excluding hydrogens is 316 g/mol. The lowest BCUT2D eigenvalue weighted by Gasteiger charge is -2.24. The fraction of sp³-hybridized carbons (Fsp3) is 0.588. The van der Waals surface area contributed by atoms with Gasteiger partial charge in [0, 0.05) is 12.5 Å². The van der Waals surface area contributed by atoms with E-state index < -0.39 is 0 Å². The number of hydrogen-bond donors (Lipinski definition) is 2. The van der Waals surface area contributed by atoms with Crippen molar-refractivity contribution in [2.24, 2.45) is 11.8 Å². The van der Waals surface area contributed by atoms with Gasteiger partial charge in [0.05, 0.1) is 6.04 Å². The molecule has 2 unspecified atom stereocenters. The first-order valence-electron chi connectivity index (χ1n) is 8.03. The van der Waals surface area contributed by atoms with Crippen LogP contribution in [0.3, 0.4) is 0 Å². The third kappa shape index (κ3) is 4.30. The van der Waals surface area contributed by atoms with Crippen molar-refractivity contribution in [3.8, 4) is 11.5 Å². The Hall–Kier alpha value is -1.46. The van der Waals surface area contributed by atoms with E-state index in [0.29, 0.717) is 25.7 Å². The van der Waals surface area contributed by atoms with Crippen LogP contribution in [0.25, 0.3) is 0 Å². The van der Waals surface area contributed by atoms with Crippen molar-refractivity contribution in [1.82, 2.24) is 10.6 Å². The van der Waals surface area contributed by atoms with E-state index in [1.54, 1.807) is 0 Å². The third-order valence-electron chi connectivity index (χ3n) is 4.27. The van der Waals surface area contributed by atoms with Crippen molar-refractivity contribution in [2.75, 3.05) is 26.8 Å². The normalized spacial score (nSPS) is 18.5. The maximum atomic E-state index is 12.3. The number of benzene rings is 1. The second kappa shape index (κ2) is 7.88. The second-order valence-corrected chi connectivity index (χ2v) is 6.19. The van der Waals surface area contributed by atoms with E-state index in [-0.39, 0.29) is 30.3 Å². The zero-order valence-corrected chi connectivity index (χ0v) is 14.4. The van der Waals surface area contributed by atoms with E-state index in [0.717, 1.165) is 17.1 Å². The summed E-state index contributed by atoms with van der Waals surface area (Å²) < 4.78 is 11.2. The summed E-state index contributed by atoms with van der Waals surface area (Å²) in [5.74, 6) is 2.17. The number of nitrogens with one attached hydrogen (secondary N) is 2. The summed E-state index contributed by atoms with van der Waals surface area (Å²) in [6, 6.07) is 6.07. The van der Waals surface area contributed by atoms with Crippen molar-refractivity contribution < 1.29 is 14.3 Å². The van der Waals surface area contributed by atoms with Gasteiger partial charge in [-0.1, -0.05) is 13.0 Å². The number of fused-ring (bicyclic) bond motifs is 1. The lowest BCUT2D eigenvalue weighted by molar-refractivity contribution is -0.125. The molecule has 0 radical (unpaired) electrons. The van der Waals surface area contributed by atoms with Gasteiger partial charge in [-0.15, -0.1) is 12.4 Å². The van der Waals surface area contributed by atoms with E-state index in [9.17, 15) is 4.79 Å². The molecule has 3 rings (SSSR count). The van der Waals surface area contributed by atoms with Gasteiger partial charge in [-0.3, -0.25) is 4.79 Å². The molecule has 128 valence electrons. The molecule has 2 aliphatic rings. The van der Waals surface area contributed by atoms with E-state index in [4.69, 9.17) is 9.47 Å². The summed E-state index contributed by atoms with van der Waals surface area (Å²) in [7, 11) is 1.86. The summed E-state index contributed by atoms with van der Waals surface area (Å²) in [6.45, 7) is 3.80. The van der Waals surface area contributed by atoms with Crippen molar-refractivity contribution in [3.05, 3.63) is 23.8 Å². The van der Waals surface area contributed by atoms with Crippen LogP contribution in [-0.2, 0) is 4.79 Å². The molecule has 1 amide bonds. The topological polar surface area (TPSA) is 59.6 Å². The maximum absolute atomic E-state index is 12.3. The highest BCUT2D eigenvalue weighted by atomic mass is 35.5. The Morgan fingerprint density at radius 3 is 2.61 bits per heavy atom. The summed E-state index contributed by atoms with van der Waals surface area (Å²) >= 11 is 0. The van der Waals surface area contributed by atoms with Crippen LogP contribution < -0.4 is 20.1 Å². The smallest absolute Gasteiger partial charge is 0.224 e. The van der Waals surface area contributed by atoms with Gasteiger partial charge in [-0.2, -0.15) is 0 Å². The van der Waals surface area contributed by atoms with Crippen LogP contribution in [-0.4, -0.2) is 32.7 Å². The highest BCUT2D eigenvalue weighted by Gasteiger charge is 2.34. The Labute approximate surface area is 143 Å². The van der Waals surface area contributed by atoms with Crippen molar-refractivity contribution in [2.45, 2.75) is 25.8 Å².